The van der Waals surface area contributed by atoms with E-state index in [-0.39, 0.29) is 33.3 Å². The van der Waals surface area contributed by atoms with Crippen LogP contribution in [0.2, 0.25) is 0 Å². The molecule has 0 atom stereocenters. The number of nitro groups is 1. The van der Waals surface area contributed by atoms with Crippen molar-refractivity contribution in [3.63, 3.8) is 0 Å². The summed E-state index contributed by atoms with van der Waals surface area (Å²) >= 11 is 0. The highest BCUT2D eigenvalue weighted by Gasteiger charge is 2.16. The number of carbonyl (C=O) groups is 1. The lowest BCUT2D eigenvalue weighted by molar-refractivity contribution is -0.384. The van der Waals surface area contributed by atoms with Gasteiger partial charge < -0.3 is 10.1 Å². The molecule has 2 aromatic rings. The van der Waals surface area contributed by atoms with E-state index >= 15 is 0 Å². The van der Waals surface area contributed by atoms with Crippen molar-refractivity contribution in [3.8, 4) is 5.75 Å². The van der Waals surface area contributed by atoms with Crippen molar-refractivity contribution in [3.05, 3.63) is 58.1 Å². The van der Waals surface area contributed by atoms with Crippen LogP contribution in [-0.4, -0.2) is 32.1 Å². The predicted octanol–water partition coefficient (Wildman–Crippen LogP) is 2.65. The number of benzene rings is 2. The molecule has 0 bridgehead atoms. The number of anilines is 1. The van der Waals surface area contributed by atoms with E-state index in [1.807, 2.05) is 0 Å². The first-order chi connectivity index (χ1) is 11.8. The number of nitrogens with one attached hydrogen (secondary N) is 1. The van der Waals surface area contributed by atoms with Crippen molar-refractivity contribution < 1.29 is 22.9 Å². The van der Waals surface area contributed by atoms with Crippen molar-refractivity contribution in [2.75, 3.05) is 18.2 Å². The van der Waals surface area contributed by atoms with Gasteiger partial charge in [0, 0.05) is 17.7 Å². The number of sulfone groups is 1. The summed E-state index contributed by atoms with van der Waals surface area (Å²) in [5.41, 5.74) is 0.163. The van der Waals surface area contributed by atoms with Gasteiger partial charge in [-0.05, 0) is 30.3 Å². The molecule has 0 saturated carbocycles. The molecule has 0 spiro atoms. The molecule has 0 aliphatic carbocycles. The summed E-state index contributed by atoms with van der Waals surface area (Å²) in [5.74, 6) is -0.313. The number of ether oxygens (including phenoxy) is 1. The monoisotopic (exact) mass is 364 g/mol. The number of carbonyl (C=O) groups excluding carboxylic acids is 1. The Kier molecular flexibility index (Phi) is 5.38. The standard InChI is InChI=1S/C16H16N2O6S/c1-3-25(22,23)13-7-4-11(5-8-13)16(19)17-14-10-12(18(20)21)6-9-15(14)24-2/h4-10H,3H2,1-2H3,(H,17,19). The largest absolute Gasteiger partial charge is 0.495 e. The van der Waals surface area contributed by atoms with Gasteiger partial charge in [0.2, 0.25) is 0 Å². The third-order valence-corrected chi connectivity index (χ3v) is 5.25. The van der Waals surface area contributed by atoms with Crippen molar-refractivity contribution in [1.29, 1.82) is 0 Å². The van der Waals surface area contributed by atoms with E-state index in [0.717, 1.165) is 0 Å². The van der Waals surface area contributed by atoms with E-state index in [2.05, 4.69) is 5.32 Å². The molecule has 2 aromatic carbocycles. The van der Waals surface area contributed by atoms with Crippen molar-refractivity contribution in [2.45, 2.75) is 11.8 Å². The van der Waals surface area contributed by atoms with Crippen LogP contribution in [-0.2, 0) is 9.84 Å². The predicted molar refractivity (Wildman–Crippen MR) is 91.8 cm³/mol. The van der Waals surface area contributed by atoms with Crippen LogP contribution < -0.4 is 10.1 Å². The Labute approximate surface area is 144 Å². The Balaban J connectivity index is 2.28. The molecule has 132 valence electrons. The smallest absolute Gasteiger partial charge is 0.271 e. The summed E-state index contributed by atoms with van der Waals surface area (Å²) in [7, 11) is -1.98. The molecule has 0 aliphatic rings. The van der Waals surface area contributed by atoms with Crippen LogP contribution in [0.5, 0.6) is 5.75 Å². The van der Waals surface area contributed by atoms with Crippen LogP contribution in [0.3, 0.4) is 0 Å². The minimum Gasteiger partial charge on any atom is -0.495 e. The van der Waals surface area contributed by atoms with Gasteiger partial charge in [-0.2, -0.15) is 0 Å². The maximum atomic E-state index is 12.3. The molecule has 2 rings (SSSR count). The van der Waals surface area contributed by atoms with Crippen LogP contribution >= 0.6 is 0 Å². The molecule has 0 aromatic heterocycles. The Hall–Kier alpha value is -2.94. The zero-order chi connectivity index (χ0) is 18.6. The first kappa shape index (κ1) is 18.4. The van der Waals surface area contributed by atoms with Gasteiger partial charge in [-0.25, -0.2) is 8.42 Å². The van der Waals surface area contributed by atoms with E-state index in [4.69, 9.17) is 4.74 Å². The quantitative estimate of drug-likeness (QED) is 0.622. The average Bonchev–Trinajstić information content (AvgIpc) is 2.61. The van der Waals surface area contributed by atoms with E-state index in [9.17, 15) is 23.3 Å². The maximum Gasteiger partial charge on any atom is 0.271 e. The summed E-state index contributed by atoms with van der Waals surface area (Å²) in [6.07, 6.45) is 0. The van der Waals surface area contributed by atoms with Gasteiger partial charge in [-0.1, -0.05) is 6.92 Å². The third kappa shape index (κ3) is 4.13. The second kappa shape index (κ2) is 7.31. The zero-order valence-corrected chi connectivity index (χ0v) is 14.4. The number of nitrogens with zero attached hydrogens (tertiary/aromatic N) is 1. The van der Waals surface area contributed by atoms with Crippen LogP contribution in [0.4, 0.5) is 11.4 Å². The Morgan fingerprint density at radius 2 is 1.84 bits per heavy atom. The Morgan fingerprint density at radius 1 is 1.20 bits per heavy atom. The van der Waals surface area contributed by atoms with Gasteiger partial charge in [0.05, 0.1) is 28.4 Å². The SMILES string of the molecule is CCS(=O)(=O)c1ccc(C(=O)Nc2cc([N+](=O)[O-])ccc2OC)cc1. The molecule has 8 nitrogen and oxygen atoms in total. The lowest BCUT2D eigenvalue weighted by Gasteiger charge is -2.10. The average molecular weight is 364 g/mol. The van der Waals surface area contributed by atoms with Crippen LogP contribution in [0.15, 0.2) is 47.4 Å². The summed E-state index contributed by atoms with van der Waals surface area (Å²) in [6, 6.07) is 9.27. The molecule has 1 amide bonds. The fourth-order valence-corrected chi connectivity index (χ4v) is 2.97. The molecule has 0 unspecified atom stereocenters. The number of rotatable bonds is 6. The van der Waals surface area contributed by atoms with Gasteiger partial charge in [0.25, 0.3) is 11.6 Å². The number of hydrogen-bond donors (Lipinski definition) is 1. The Morgan fingerprint density at radius 3 is 2.36 bits per heavy atom. The molecule has 25 heavy (non-hydrogen) atoms. The summed E-state index contributed by atoms with van der Waals surface area (Å²) in [6.45, 7) is 1.53. The lowest BCUT2D eigenvalue weighted by atomic mass is 10.2. The van der Waals surface area contributed by atoms with E-state index in [1.165, 1.54) is 56.5 Å². The van der Waals surface area contributed by atoms with E-state index in [0.29, 0.717) is 0 Å². The number of hydrogen-bond acceptors (Lipinski definition) is 6. The second-order valence-electron chi connectivity index (χ2n) is 5.02. The fourth-order valence-electron chi connectivity index (χ4n) is 2.08. The summed E-state index contributed by atoms with van der Waals surface area (Å²) < 4.78 is 28.6. The normalized spacial score (nSPS) is 11.0. The molecule has 0 aliphatic heterocycles. The molecule has 0 fully saturated rings. The first-order valence-corrected chi connectivity index (χ1v) is 8.90. The molecule has 0 heterocycles. The number of nitro benzene ring substituents is 1. The number of non-ortho nitro benzene ring substituents is 1. The zero-order valence-electron chi connectivity index (χ0n) is 13.6. The van der Waals surface area contributed by atoms with Gasteiger partial charge >= 0.3 is 0 Å². The van der Waals surface area contributed by atoms with Gasteiger partial charge in [0.15, 0.2) is 9.84 Å². The van der Waals surface area contributed by atoms with Gasteiger partial charge in [0.1, 0.15) is 5.75 Å². The maximum absolute atomic E-state index is 12.3. The lowest BCUT2D eigenvalue weighted by Crippen LogP contribution is -2.13. The van der Waals surface area contributed by atoms with Crippen LogP contribution in [0, 0.1) is 10.1 Å². The minimum absolute atomic E-state index is 0.0383. The highest BCUT2D eigenvalue weighted by Crippen LogP contribution is 2.29. The second-order valence-corrected chi connectivity index (χ2v) is 7.30. The van der Waals surface area contributed by atoms with Crippen molar-refractivity contribution >= 4 is 27.1 Å². The molecule has 0 radical (unpaired) electrons. The summed E-state index contributed by atoms with van der Waals surface area (Å²) in [5, 5.41) is 13.4. The molecule has 1 N–H and O–H groups in total. The Bertz CT molecular complexity index is 907. The van der Waals surface area contributed by atoms with E-state index < -0.39 is 20.7 Å². The number of methoxy groups -OCH3 is 1. The topological polar surface area (TPSA) is 116 Å². The molecule has 0 saturated heterocycles. The minimum atomic E-state index is -3.35. The number of amides is 1. The van der Waals surface area contributed by atoms with Crippen molar-refractivity contribution in [2.24, 2.45) is 0 Å². The molecule has 9 heteroatoms. The first-order valence-electron chi connectivity index (χ1n) is 7.25. The molecular weight excluding hydrogens is 348 g/mol. The van der Waals surface area contributed by atoms with Gasteiger partial charge in [-0.15, -0.1) is 0 Å². The van der Waals surface area contributed by atoms with Crippen molar-refractivity contribution in [1.82, 2.24) is 0 Å². The van der Waals surface area contributed by atoms with Crippen LogP contribution in [0.25, 0.3) is 0 Å². The summed E-state index contributed by atoms with van der Waals surface area (Å²) in [4.78, 5) is 22.7. The highest BCUT2D eigenvalue weighted by atomic mass is 32.2. The third-order valence-electron chi connectivity index (χ3n) is 3.50. The van der Waals surface area contributed by atoms with Crippen LogP contribution in [0.1, 0.15) is 17.3 Å². The van der Waals surface area contributed by atoms with Gasteiger partial charge in [-0.3, -0.25) is 14.9 Å². The molecular formula is C16H16N2O6S. The highest BCUT2D eigenvalue weighted by molar-refractivity contribution is 7.91. The van der Waals surface area contributed by atoms with E-state index in [1.54, 1.807) is 0 Å². The fraction of sp³-hybridized carbons (Fsp3) is 0.188.